The minimum absolute atomic E-state index is 0.794. The van der Waals surface area contributed by atoms with E-state index in [1.165, 1.54) is 6.42 Å². The van der Waals surface area contributed by atoms with E-state index < -0.39 is 7.25 Å². The molecule has 1 heterocycles. The van der Waals surface area contributed by atoms with Gasteiger partial charge in [0, 0.05) is 6.42 Å². The first-order valence-electron chi connectivity index (χ1n) is 4.03. The first-order chi connectivity index (χ1) is 5.93. The monoisotopic (exact) mass is 201 g/mol. The zero-order valence-electron chi connectivity index (χ0n) is 7.33. The number of hydrogen-bond acceptors (Lipinski definition) is 1. The SMILES string of the molecule is CCOC1=[NH+]CCC1.F[B-](F)(F)F. The Labute approximate surface area is 74.1 Å². The minimum Gasteiger partial charge on any atom is -0.448 e. The van der Waals surface area contributed by atoms with Crippen molar-refractivity contribution >= 4 is 13.2 Å². The van der Waals surface area contributed by atoms with Crippen LogP contribution in [-0.4, -0.2) is 26.3 Å². The largest absolute Gasteiger partial charge is 0.673 e. The molecule has 0 amide bonds. The normalized spacial score (nSPS) is 15.9. The van der Waals surface area contributed by atoms with Crippen molar-refractivity contribution in [2.24, 2.45) is 0 Å². The molecule has 0 aromatic carbocycles. The Hall–Kier alpha value is -0.745. The van der Waals surface area contributed by atoms with Crippen LogP contribution in [0.2, 0.25) is 0 Å². The van der Waals surface area contributed by atoms with Gasteiger partial charge in [0.05, 0.1) is 13.0 Å². The number of nitrogens with one attached hydrogen (secondary N) is 1. The maximum absolute atomic E-state index is 9.75. The molecule has 2 nitrogen and oxygen atoms in total. The van der Waals surface area contributed by atoms with Crippen molar-refractivity contribution in [2.75, 3.05) is 13.2 Å². The van der Waals surface area contributed by atoms with Gasteiger partial charge in [0.25, 0.3) is 0 Å². The zero-order valence-corrected chi connectivity index (χ0v) is 7.33. The Morgan fingerprint density at radius 2 is 1.92 bits per heavy atom. The van der Waals surface area contributed by atoms with Crippen molar-refractivity contribution in [1.29, 1.82) is 0 Å². The average Bonchev–Trinajstić information content (AvgIpc) is 2.36. The third-order valence-corrected chi connectivity index (χ3v) is 1.22. The smallest absolute Gasteiger partial charge is 0.448 e. The van der Waals surface area contributed by atoms with Crippen molar-refractivity contribution in [3.63, 3.8) is 0 Å². The molecule has 7 heteroatoms. The van der Waals surface area contributed by atoms with Crippen LogP contribution >= 0.6 is 0 Å². The maximum atomic E-state index is 9.75. The summed E-state index contributed by atoms with van der Waals surface area (Å²) in [6.45, 7) is 3.89. The molecule has 0 radical (unpaired) electrons. The Kier molecular flexibility index (Phi) is 5.49. The molecule has 0 saturated heterocycles. The van der Waals surface area contributed by atoms with Gasteiger partial charge in [-0.2, -0.15) is 0 Å². The molecule has 1 N–H and O–H groups in total. The summed E-state index contributed by atoms with van der Waals surface area (Å²) in [6, 6.07) is 0. The summed E-state index contributed by atoms with van der Waals surface area (Å²) in [5.74, 6) is 1.08. The Morgan fingerprint density at radius 3 is 2.23 bits per heavy atom. The number of halogens is 4. The molecule has 1 aliphatic rings. The van der Waals surface area contributed by atoms with E-state index in [0.717, 1.165) is 25.5 Å². The summed E-state index contributed by atoms with van der Waals surface area (Å²) in [4.78, 5) is 3.15. The second-order valence-electron chi connectivity index (χ2n) is 2.38. The lowest BCUT2D eigenvalue weighted by Crippen LogP contribution is -2.69. The molecule has 0 aromatic heterocycles. The van der Waals surface area contributed by atoms with Crippen LogP contribution in [0.3, 0.4) is 0 Å². The molecule has 1 rings (SSSR count). The maximum Gasteiger partial charge on any atom is 0.673 e. The fraction of sp³-hybridized carbons (Fsp3) is 0.833. The predicted octanol–water partition coefficient (Wildman–Crippen LogP) is 0.596. The first-order valence-corrected chi connectivity index (χ1v) is 4.03. The molecule has 13 heavy (non-hydrogen) atoms. The van der Waals surface area contributed by atoms with Gasteiger partial charge in [-0.25, -0.2) is 4.99 Å². The van der Waals surface area contributed by atoms with Gasteiger partial charge < -0.3 is 22.0 Å². The molecule has 0 saturated carbocycles. The summed E-state index contributed by atoms with van der Waals surface area (Å²) >= 11 is 0. The summed E-state index contributed by atoms with van der Waals surface area (Å²) in [7, 11) is -6.00. The highest BCUT2D eigenvalue weighted by atomic mass is 19.5. The fourth-order valence-corrected chi connectivity index (χ4v) is 0.863. The fourth-order valence-electron chi connectivity index (χ4n) is 0.863. The van der Waals surface area contributed by atoms with Crippen LogP contribution in [0, 0.1) is 0 Å². The third kappa shape index (κ3) is 11.3. The lowest BCUT2D eigenvalue weighted by Gasteiger charge is -1.94. The quantitative estimate of drug-likeness (QED) is 0.487. The van der Waals surface area contributed by atoms with E-state index in [0.29, 0.717) is 0 Å². The van der Waals surface area contributed by atoms with Gasteiger partial charge in [-0.15, -0.1) is 0 Å². The summed E-state index contributed by atoms with van der Waals surface area (Å²) in [5, 5.41) is 0. The number of rotatable bonds is 1. The Balaban J connectivity index is 0.000000252. The number of ether oxygens (including phenoxy) is 1. The molecule has 1 aliphatic heterocycles. The van der Waals surface area contributed by atoms with E-state index in [-0.39, 0.29) is 0 Å². The van der Waals surface area contributed by atoms with Crippen molar-refractivity contribution in [1.82, 2.24) is 0 Å². The van der Waals surface area contributed by atoms with E-state index in [1.54, 1.807) is 0 Å². The van der Waals surface area contributed by atoms with Crippen molar-refractivity contribution < 1.29 is 27.0 Å². The summed E-state index contributed by atoms with van der Waals surface area (Å²) in [5.41, 5.74) is 0. The van der Waals surface area contributed by atoms with Crippen molar-refractivity contribution in [2.45, 2.75) is 19.8 Å². The molecule has 0 aromatic rings. The van der Waals surface area contributed by atoms with Crippen molar-refractivity contribution in [3.05, 3.63) is 0 Å². The van der Waals surface area contributed by atoms with E-state index in [1.807, 2.05) is 6.92 Å². The molecule has 0 unspecified atom stereocenters. The minimum atomic E-state index is -6.00. The first kappa shape index (κ1) is 12.3. The van der Waals surface area contributed by atoms with Gasteiger partial charge in [0.15, 0.2) is 0 Å². The average molecular weight is 201 g/mol. The molecular weight excluding hydrogens is 189 g/mol. The van der Waals surface area contributed by atoms with E-state index in [2.05, 4.69) is 4.99 Å². The van der Waals surface area contributed by atoms with E-state index in [4.69, 9.17) is 4.74 Å². The van der Waals surface area contributed by atoms with Crippen molar-refractivity contribution in [3.8, 4) is 0 Å². The van der Waals surface area contributed by atoms with Crippen LogP contribution < -0.4 is 4.99 Å². The zero-order chi connectivity index (χ0) is 10.3. The highest BCUT2D eigenvalue weighted by Gasteiger charge is 2.20. The van der Waals surface area contributed by atoms with Crippen LogP contribution in [-0.2, 0) is 4.74 Å². The standard InChI is InChI=1S/C6H11NO.BF4/c1-2-8-6-4-3-5-7-6;2-1(3,4)5/h2-5H2,1H3;/q;-1/p+1. The lowest BCUT2D eigenvalue weighted by molar-refractivity contribution is -0.456. The topological polar surface area (TPSA) is 23.2 Å². The molecule has 78 valence electrons. The lowest BCUT2D eigenvalue weighted by atomic mass is 10.3. The number of hydrogen-bond donors (Lipinski definition) is 1. The Bertz CT molecular complexity index is 165. The third-order valence-electron chi connectivity index (χ3n) is 1.22. The van der Waals surface area contributed by atoms with Crippen LogP contribution in [0.5, 0.6) is 0 Å². The van der Waals surface area contributed by atoms with Gasteiger partial charge >= 0.3 is 13.2 Å². The van der Waals surface area contributed by atoms with Crippen LogP contribution in [0.25, 0.3) is 0 Å². The molecule has 0 aliphatic carbocycles. The van der Waals surface area contributed by atoms with Crippen LogP contribution in [0.4, 0.5) is 17.3 Å². The molecular formula is C6H12BF4NO. The highest BCUT2D eigenvalue weighted by molar-refractivity contribution is 6.50. The van der Waals surface area contributed by atoms with Crippen LogP contribution in [0.15, 0.2) is 0 Å². The summed E-state index contributed by atoms with van der Waals surface area (Å²) in [6.07, 6.45) is 2.34. The van der Waals surface area contributed by atoms with Gasteiger partial charge in [-0.05, 0) is 6.92 Å². The van der Waals surface area contributed by atoms with Gasteiger partial charge in [-0.3, -0.25) is 0 Å². The molecule has 0 bridgehead atoms. The Morgan fingerprint density at radius 1 is 1.38 bits per heavy atom. The van der Waals surface area contributed by atoms with Gasteiger partial charge in [0.1, 0.15) is 6.54 Å². The molecule has 0 spiro atoms. The van der Waals surface area contributed by atoms with Gasteiger partial charge in [0.2, 0.25) is 0 Å². The van der Waals surface area contributed by atoms with E-state index in [9.17, 15) is 17.3 Å². The predicted molar refractivity (Wildman–Crippen MR) is 41.9 cm³/mol. The van der Waals surface area contributed by atoms with Gasteiger partial charge in [-0.1, -0.05) is 0 Å². The van der Waals surface area contributed by atoms with E-state index >= 15 is 0 Å². The highest BCUT2D eigenvalue weighted by Crippen LogP contribution is 2.06. The molecule has 0 fully saturated rings. The van der Waals surface area contributed by atoms with Crippen LogP contribution in [0.1, 0.15) is 19.8 Å². The molecule has 0 atom stereocenters. The summed E-state index contributed by atoms with van der Waals surface area (Å²) < 4.78 is 44.2. The second kappa shape index (κ2) is 5.82. The second-order valence-corrected chi connectivity index (χ2v) is 2.38.